The first-order chi connectivity index (χ1) is 5.90. The number of nitrogens with zero attached hydrogens (tertiary/aromatic N) is 1. The first-order valence-corrected chi connectivity index (χ1v) is 5.36. The van der Waals surface area contributed by atoms with Crippen LogP contribution in [-0.2, 0) is 4.74 Å². The monoisotopic (exact) mass is 210 g/mol. The topological polar surface area (TPSA) is 9.23 Å². The van der Waals surface area contributed by atoms with Crippen LogP contribution in [-0.4, -0.2) is 44.3 Å². The Balaban J connectivity index is 0. The Morgan fingerprint density at radius 2 is 1.46 bits per heavy atom. The second-order valence-electron chi connectivity index (χ2n) is 3.74. The summed E-state index contributed by atoms with van der Waals surface area (Å²) in [4.78, 5) is 0. The third kappa shape index (κ3) is 12.2. The van der Waals surface area contributed by atoms with E-state index in [2.05, 4.69) is 28.1 Å². The van der Waals surface area contributed by atoms with Gasteiger partial charge in [-0.05, 0) is 13.8 Å². The quantitative estimate of drug-likeness (QED) is 0.394. The molecular weight excluding hydrogens is 186 g/mol. The average Bonchev–Trinajstić information content (AvgIpc) is 2.04. The van der Waals surface area contributed by atoms with E-state index in [-0.39, 0.29) is 5.50 Å². The van der Waals surface area contributed by atoms with Gasteiger partial charge in [-0.3, -0.25) is 0 Å². The lowest BCUT2D eigenvalue weighted by Gasteiger charge is -2.28. The van der Waals surface area contributed by atoms with E-state index in [0.717, 1.165) is 24.1 Å². The van der Waals surface area contributed by atoms with Gasteiger partial charge in [0.05, 0.1) is 21.1 Å². The predicted molar refractivity (Wildman–Crippen MR) is 60.1 cm³/mol. The second kappa shape index (κ2) is 8.79. The standard InChI is InChI=1S/C6H15ClN.C4H10O/c1-5-6(7)8(2,3)4;1-3-5-4-2/h6H,5H2,1-4H3;3-4H2,1-2H3/q+1;. The molecule has 0 aliphatic carbocycles. The van der Waals surface area contributed by atoms with Crippen LogP contribution in [0.15, 0.2) is 0 Å². The molecule has 0 aromatic carbocycles. The summed E-state index contributed by atoms with van der Waals surface area (Å²) in [6.45, 7) is 7.77. The van der Waals surface area contributed by atoms with Crippen LogP contribution in [0.25, 0.3) is 0 Å². The van der Waals surface area contributed by atoms with Crippen LogP contribution in [0, 0.1) is 0 Å². The molecule has 0 amide bonds. The number of ether oxygens (including phenoxy) is 1. The lowest BCUT2D eigenvalue weighted by atomic mass is 10.4. The Labute approximate surface area is 88.4 Å². The molecule has 0 bridgehead atoms. The number of quaternary nitrogens is 1. The maximum atomic E-state index is 5.91. The fourth-order valence-electron chi connectivity index (χ4n) is 0.752. The van der Waals surface area contributed by atoms with Crippen molar-refractivity contribution in [3.05, 3.63) is 0 Å². The SMILES string of the molecule is CCC(Cl)[N+](C)(C)C.CCOCC. The van der Waals surface area contributed by atoms with Gasteiger partial charge in [0.15, 0.2) is 5.50 Å². The average molecular weight is 211 g/mol. The summed E-state index contributed by atoms with van der Waals surface area (Å²) in [5, 5.41) is 0. The molecule has 0 saturated heterocycles. The third-order valence-electron chi connectivity index (χ3n) is 1.59. The van der Waals surface area contributed by atoms with Crippen LogP contribution in [0.2, 0.25) is 0 Å². The third-order valence-corrected chi connectivity index (χ3v) is 2.48. The minimum atomic E-state index is 0.259. The van der Waals surface area contributed by atoms with E-state index in [9.17, 15) is 0 Å². The number of rotatable bonds is 4. The molecule has 0 aliphatic heterocycles. The van der Waals surface area contributed by atoms with Crippen molar-refractivity contribution in [1.82, 2.24) is 0 Å². The summed E-state index contributed by atoms with van der Waals surface area (Å²) in [6.07, 6.45) is 1.03. The van der Waals surface area contributed by atoms with E-state index in [1.54, 1.807) is 0 Å². The second-order valence-corrected chi connectivity index (χ2v) is 4.24. The molecule has 0 radical (unpaired) electrons. The van der Waals surface area contributed by atoms with Crippen molar-refractivity contribution in [2.45, 2.75) is 32.7 Å². The van der Waals surface area contributed by atoms with Crippen LogP contribution in [0.5, 0.6) is 0 Å². The van der Waals surface area contributed by atoms with E-state index < -0.39 is 0 Å². The van der Waals surface area contributed by atoms with Gasteiger partial charge in [-0.15, -0.1) is 0 Å². The summed E-state index contributed by atoms with van der Waals surface area (Å²) < 4.78 is 5.68. The lowest BCUT2D eigenvalue weighted by Crippen LogP contribution is -2.41. The molecule has 0 spiro atoms. The first-order valence-electron chi connectivity index (χ1n) is 4.92. The molecule has 0 heterocycles. The number of alkyl halides is 1. The normalized spacial score (nSPS) is 13.2. The molecule has 13 heavy (non-hydrogen) atoms. The summed E-state index contributed by atoms with van der Waals surface area (Å²) >= 11 is 5.91. The molecule has 0 rings (SSSR count). The van der Waals surface area contributed by atoms with E-state index in [1.807, 2.05) is 13.8 Å². The number of hydrogen-bond donors (Lipinski definition) is 0. The Kier molecular flexibility index (Phi) is 10.6. The molecule has 1 atom stereocenters. The highest BCUT2D eigenvalue weighted by molar-refractivity contribution is 6.19. The molecule has 2 nitrogen and oxygen atoms in total. The van der Waals surface area contributed by atoms with Gasteiger partial charge in [0.25, 0.3) is 0 Å². The maximum Gasteiger partial charge on any atom is 0.164 e. The Hall–Kier alpha value is 0.210. The van der Waals surface area contributed by atoms with Gasteiger partial charge >= 0.3 is 0 Å². The van der Waals surface area contributed by atoms with E-state index in [4.69, 9.17) is 16.3 Å². The smallest absolute Gasteiger partial charge is 0.164 e. The van der Waals surface area contributed by atoms with Crippen molar-refractivity contribution in [2.24, 2.45) is 0 Å². The predicted octanol–water partition coefficient (Wildman–Crippen LogP) is 2.71. The van der Waals surface area contributed by atoms with Crippen LogP contribution >= 0.6 is 11.6 Å². The van der Waals surface area contributed by atoms with Gasteiger partial charge in [0.2, 0.25) is 0 Å². The van der Waals surface area contributed by atoms with Gasteiger partial charge in [-0.1, -0.05) is 18.5 Å². The van der Waals surface area contributed by atoms with Crippen molar-refractivity contribution < 1.29 is 9.22 Å². The van der Waals surface area contributed by atoms with Gasteiger partial charge in [0.1, 0.15) is 0 Å². The molecular formula is C10H25ClNO+. The van der Waals surface area contributed by atoms with Crippen LogP contribution in [0.1, 0.15) is 27.2 Å². The zero-order chi connectivity index (χ0) is 10.9. The highest BCUT2D eigenvalue weighted by atomic mass is 35.5. The molecule has 82 valence electrons. The molecule has 0 N–H and O–H groups in total. The summed E-state index contributed by atoms with van der Waals surface area (Å²) in [5.74, 6) is 0. The van der Waals surface area contributed by atoms with Gasteiger partial charge in [-0.25, -0.2) is 0 Å². The Morgan fingerprint density at radius 3 is 1.46 bits per heavy atom. The maximum absolute atomic E-state index is 5.91. The van der Waals surface area contributed by atoms with Crippen LogP contribution in [0.3, 0.4) is 0 Å². The summed E-state index contributed by atoms with van der Waals surface area (Å²) in [6, 6.07) is 0. The molecule has 0 saturated carbocycles. The zero-order valence-electron chi connectivity index (χ0n) is 9.93. The highest BCUT2D eigenvalue weighted by Crippen LogP contribution is 2.10. The van der Waals surface area contributed by atoms with Crippen molar-refractivity contribution in [3.8, 4) is 0 Å². The fourth-order valence-corrected chi connectivity index (χ4v) is 0.752. The molecule has 3 heteroatoms. The van der Waals surface area contributed by atoms with Gasteiger partial charge < -0.3 is 9.22 Å². The number of hydrogen-bond acceptors (Lipinski definition) is 1. The molecule has 1 unspecified atom stereocenters. The van der Waals surface area contributed by atoms with Crippen molar-refractivity contribution in [3.63, 3.8) is 0 Å². The van der Waals surface area contributed by atoms with Gasteiger partial charge in [0, 0.05) is 19.6 Å². The Morgan fingerprint density at radius 1 is 1.08 bits per heavy atom. The first kappa shape index (κ1) is 15.7. The minimum absolute atomic E-state index is 0.259. The lowest BCUT2D eigenvalue weighted by molar-refractivity contribution is -0.882. The molecule has 0 aromatic rings. The summed E-state index contributed by atoms with van der Waals surface area (Å²) in [7, 11) is 6.30. The van der Waals surface area contributed by atoms with E-state index >= 15 is 0 Å². The van der Waals surface area contributed by atoms with Crippen molar-refractivity contribution in [2.75, 3.05) is 34.4 Å². The highest BCUT2D eigenvalue weighted by Gasteiger charge is 2.16. The van der Waals surface area contributed by atoms with Crippen molar-refractivity contribution >= 4 is 11.6 Å². The zero-order valence-corrected chi connectivity index (χ0v) is 10.7. The fraction of sp³-hybridized carbons (Fsp3) is 1.00. The Bertz CT molecular complexity index is 99.6. The van der Waals surface area contributed by atoms with Crippen LogP contribution in [0.4, 0.5) is 0 Å². The van der Waals surface area contributed by atoms with Gasteiger partial charge in [-0.2, -0.15) is 0 Å². The number of halogens is 1. The molecule has 0 aliphatic rings. The van der Waals surface area contributed by atoms with E-state index in [0.29, 0.717) is 0 Å². The summed E-state index contributed by atoms with van der Waals surface area (Å²) in [5.41, 5.74) is 0.259. The molecule has 0 aromatic heterocycles. The largest absolute Gasteiger partial charge is 0.382 e. The van der Waals surface area contributed by atoms with E-state index in [1.165, 1.54) is 0 Å². The minimum Gasteiger partial charge on any atom is -0.382 e. The van der Waals surface area contributed by atoms with Crippen LogP contribution < -0.4 is 0 Å². The van der Waals surface area contributed by atoms with Crippen molar-refractivity contribution in [1.29, 1.82) is 0 Å². The molecule has 0 fully saturated rings.